The third kappa shape index (κ3) is 5.09. The zero-order valence-electron chi connectivity index (χ0n) is 15.4. The highest BCUT2D eigenvalue weighted by Gasteiger charge is 2.24. The van der Waals surface area contributed by atoms with Crippen LogP contribution in [0.4, 0.5) is 4.39 Å². The first-order valence-corrected chi connectivity index (χ1v) is 11.1. The van der Waals surface area contributed by atoms with E-state index in [2.05, 4.69) is 0 Å². The molecule has 146 valence electrons. The van der Waals surface area contributed by atoms with Crippen LogP contribution in [0.1, 0.15) is 29.8 Å². The molecule has 0 aliphatic heterocycles. The van der Waals surface area contributed by atoms with Gasteiger partial charge in [0.2, 0.25) is 10.0 Å². The van der Waals surface area contributed by atoms with E-state index in [0.29, 0.717) is 0 Å². The summed E-state index contributed by atoms with van der Waals surface area (Å²) in [5, 5.41) is 0. The molecule has 2 rings (SSSR count). The summed E-state index contributed by atoms with van der Waals surface area (Å²) in [4.78, 5) is 13.2. The fourth-order valence-corrected chi connectivity index (χ4v) is 4.38. The largest absolute Gasteiger partial charge is 0.457 e. The van der Waals surface area contributed by atoms with Gasteiger partial charge >= 0.3 is 5.97 Å². The Labute approximate surface area is 163 Å². The topological polar surface area (TPSA) is 63.7 Å². The van der Waals surface area contributed by atoms with Gasteiger partial charge in [-0.1, -0.05) is 26.0 Å². The first kappa shape index (κ1) is 21.4. The highest BCUT2D eigenvalue weighted by atomic mass is 32.2. The van der Waals surface area contributed by atoms with E-state index < -0.39 is 27.4 Å². The molecule has 0 saturated heterocycles. The van der Waals surface area contributed by atoms with E-state index in [1.807, 2.05) is 30.5 Å². The quantitative estimate of drug-likeness (QED) is 0.486. The van der Waals surface area contributed by atoms with E-state index in [1.54, 1.807) is 25.6 Å². The van der Waals surface area contributed by atoms with Crippen molar-refractivity contribution < 1.29 is 22.3 Å². The lowest BCUT2D eigenvalue weighted by atomic mass is 10.2. The minimum atomic E-state index is -3.79. The summed E-state index contributed by atoms with van der Waals surface area (Å²) >= 11 is 1.59. The highest BCUT2D eigenvalue weighted by Crippen LogP contribution is 2.21. The van der Waals surface area contributed by atoms with Crippen LogP contribution in [0.5, 0.6) is 0 Å². The minimum Gasteiger partial charge on any atom is -0.457 e. The van der Waals surface area contributed by atoms with Gasteiger partial charge in [0.15, 0.2) is 0 Å². The van der Waals surface area contributed by atoms with Crippen molar-refractivity contribution >= 4 is 27.8 Å². The number of hydrogen-bond donors (Lipinski definition) is 0. The van der Waals surface area contributed by atoms with Crippen LogP contribution in [0.25, 0.3) is 0 Å². The zero-order chi connectivity index (χ0) is 20.0. The van der Waals surface area contributed by atoms with Crippen LogP contribution >= 0.6 is 11.8 Å². The average molecular weight is 412 g/mol. The van der Waals surface area contributed by atoms with Crippen LogP contribution < -0.4 is 0 Å². The molecule has 0 aromatic heterocycles. The Bertz CT molecular complexity index is 894. The molecule has 2 aromatic carbocycles. The number of carbonyl (C=O) groups excluding carboxylic acids is 1. The van der Waals surface area contributed by atoms with Crippen molar-refractivity contribution in [1.29, 1.82) is 0 Å². The molecule has 0 radical (unpaired) electrons. The van der Waals surface area contributed by atoms with Crippen molar-refractivity contribution in [3.05, 3.63) is 59.4 Å². The lowest BCUT2D eigenvalue weighted by Gasteiger charge is -2.18. The summed E-state index contributed by atoms with van der Waals surface area (Å²) in [5.41, 5.74) is 0.359. The lowest BCUT2D eigenvalue weighted by molar-refractivity contribution is 0.0467. The van der Waals surface area contributed by atoms with Crippen LogP contribution in [-0.4, -0.2) is 38.0 Å². The number of nitrogens with zero attached hydrogens (tertiary/aromatic N) is 1. The van der Waals surface area contributed by atoms with E-state index in [4.69, 9.17) is 4.74 Å². The Morgan fingerprint density at radius 2 is 1.74 bits per heavy atom. The molecular weight excluding hydrogens is 389 g/mol. The van der Waals surface area contributed by atoms with Crippen molar-refractivity contribution in [3.8, 4) is 0 Å². The summed E-state index contributed by atoms with van der Waals surface area (Å²) in [7, 11) is -3.79. The van der Waals surface area contributed by atoms with Crippen molar-refractivity contribution in [2.45, 2.75) is 30.2 Å². The fourth-order valence-electron chi connectivity index (χ4n) is 2.48. The molecule has 0 N–H and O–H groups in total. The Morgan fingerprint density at radius 3 is 2.30 bits per heavy atom. The van der Waals surface area contributed by atoms with Crippen LogP contribution in [0.15, 0.2) is 52.3 Å². The van der Waals surface area contributed by atoms with Gasteiger partial charge in [-0.15, -0.1) is 11.8 Å². The van der Waals surface area contributed by atoms with Gasteiger partial charge in [0.05, 0.1) is 10.5 Å². The van der Waals surface area contributed by atoms with Gasteiger partial charge in [0.25, 0.3) is 0 Å². The second-order valence-corrected chi connectivity index (χ2v) is 8.47. The zero-order valence-corrected chi connectivity index (χ0v) is 17.1. The number of benzene rings is 2. The van der Waals surface area contributed by atoms with Crippen LogP contribution in [0, 0.1) is 5.82 Å². The maximum Gasteiger partial charge on any atom is 0.341 e. The Kier molecular flexibility index (Phi) is 7.41. The third-order valence-corrected chi connectivity index (χ3v) is 6.82. The predicted molar refractivity (Wildman–Crippen MR) is 104 cm³/mol. The second-order valence-electron chi connectivity index (χ2n) is 5.66. The standard InChI is InChI=1S/C19H22FNO4S2/c1-4-21(5-2)27(23,24)16-10-11-18(20)17(12-16)19(22)25-13-14-6-8-15(26-3)9-7-14/h6-12H,4-5,13H2,1-3H3. The molecule has 0 heterocycles. The Balaban J connectivity index is 2.20. The normalized spacial score (nSPS) is 11.6. The SMILES string of the molecule is CCN(CC)S(=O)(=O)c1ccc(F)c(C(=O)OCc2ccc(SC)cc2)c1. The van der Waals surface area contributed by atoms with Crippen molar-refractivity contribution in [2.75, 3.05) is 19.3 Å². The van der Waals surface area contributed by atoms with E-state index in [9.17, 15) is 17.6 Å². The number of esters is 1. The number of carbonyl (C=O) groups is 1. The summed E-state index contributed by atoms with van der Waals surface area (Å²) in [6.07, 6.45) is 1.96. The monoisotopic (exact) mass is 411 g/mol. The molecule has 0 unspecified atom stereocenters. The number of hydrogen-bond acceptors (Lipinski definition) is 5. The Hall–Kier alpha value is -1.90. The smallest absolute Gasteiger partial charge is 0.341 e. The van der Waals surface area contributed by atoms with E-state index in [-0.39, 0.29) is 24.6 Å². The number of thioether (sulfide) groups is 1. The fraction of sp³-hybridized carbons (Fsp3) is 0.316. The molecule has 0 amide bonds. The van der Waals surface area contributed by atoms with Gasteiger partial charge in [-0.3, -0.25) is 0 Å². The Morgan fingerprint density at radius 1 is 1.11 bits per heavy atom. The molecule has 2 aromatic rings. The van der Waals surface area contributed by atoms with Gasteiger partial charge in [0.1, 0.15) is 12.4 Å². The molecule has 0 bridgehead atoms. The summed E-state index contributed by atoms with van der Waals surface area (Å²) < 4.78 is 45.6. The van der Waals surface area contributed by atoms with Gasteiger partial charge in [-0.05, 0) is 42.2 Å². The van der Waals surface area contributed by atoms with Gasteiger partial charge in [-0.25, -0.2) is 17.6 Å². The van der Waals surface area contributed by atoms with Crippen LogP contribution in [-0.2, 0) is 21.4 Å². The number of ether oxygens (including phenoxy) is 1. The second kappa shape index (κ2) is 9.34. The highest BCUT2D eigenvalue weighted by molar-refractivity contribution is 7.98. The minimum absolute atomic E-state index is 0.0278. The first-order chi connectivity index (χ1) is 12.8. The van der Waals surface area contributed by atoms with E-state index in [0.717, 1.165) is 28.7 Å². The molecule has 8 heteroatoms. The maximum absolute atomic E-state index is 14.1. The van der Waals surface area contributed by atoms with Crippen molar-refractivity contribution in [2.24, 2.45) is 0 Å². The number of sulfonamides is 1. The molecule has 5 nitrogen and oxygen atoms in total. The predicted octanol–water partition coefficient (Wildman–Crippen LogP) is 3.94. The summed E-state index contributed by atoms with van der Waals surface area (Å²) in [5.74, 6) is -1.73. The van der Waals surface area contributed by atoms with E-state index in [1.165, 1.54) is 4.31 Å². The molecule has 0 atom stereocenters. The maximum atomic E-state index is 14.1. The number of halogens is 1. The van der Waals surface area contributed by atoms with Crippen molar-refractivity contribution in [1.82, 2.24) is 4.31 Å². The van der Waals surface area contributed by atoms with Gasteiger partial charge in [0, 0.05) is 18.0 Å². The lowest BCUT2D eigenvalue weighted by Crippen LogP contribution is -2.30. The first-order valence-electron chi connectivity index (χ1n) is 8.43. The molecule has 0 spiro atoms. The van der Waals surface area contributed by atoms with Crippen molar-refractivity contribution in [3.63, 3.8) is 0 Å². The molecule has 0 fully saturated rings. The molecule has 0 saturated carbocycles. The third-order valence-electron chi connectivity index (χ3n) is 4.03. The molecular formula is C19H22FNO4S2. The molecule has 27 heavy (non-hydrogen) atoms. The van der Waals surface area contributed by atoms with Crippen LogP contribution in [0.3, 0.4) is 0 Å². The van der Waals surface area contributed by atoms with E-state index >= 15 is 0 Å². The summed E-state index contributed by atoms with van der Waals surface area (Å²) in [6, 6.07) is 10.6. The molecule has 0 aliphatic rings. The molecule has 0 aliphatic carbocycles. The average Bonchev–Trinajstić information content (AvgIpc) is 2.67. The number of rotatable bonds is 8. The van der Waals surface area contributed by atoms with Crippen LogP contribution in [0.2, 0.25) is 0 Å². The van der Waals surface area contributed by atoms with Gasteiger partial charge in [-0.2, -0.15) is 4.31 Å². The summed E-state index contributed by atoms with van der Waals surface area (Å²) in [6.45, 7) is 3.95. The van der Waals surface area contributed by atoms with Gasteiger partial charge < -0.3 is 4.74 Å².